The van der Waals surface area contributed by atoms with Crippen LogP contribution in [0.4, 0.5) is 0 Å². The van der Waals surface area contributed by atoms with Crippen molar-refractivity contribution in [3.8, 4) is 5.75 Å². The summed E-state index contributed by atoms with van der Waals surface area (Å²) in [6.07, 6.45) is 1.79. The summed E-state index contributed by atoms with van der Waals surface area (Å²) in [5, 5.41) is 6.59. The van der Waals surface area contributed by atoms with E-state index in [-0.39, 0.29) is 29.4 Å². The number of nitrogens with zero attached hydrogens (tertiary/aromatic N) is 2. The highest BCUT2D eigenvalue weighted by molar-refractivity contribution is 14.0. The van der Waals surface area contributed by atoms with E-state index < -0.39 is 0 Å². The number of nitrogens with one attached hydrogen (secondary N) is 2. The van der Waals surface area contributed by atoms with E-state index in [1.807, 2.05) is 42.5 Å². The lowest BCUT2D eigenvalue weighted by Crippen LogP contribution is -2.36. The number of hydrogen-bond donors (Lipinski definition) is 2. The Morgan fingerprint density at radius 1 is 0.968 bits per heavy atom. The first-order chi connectivity index (χ1) is 14.5. The van der Waals surface area contributed by atoms with Gasteiger partial charge in [0, 0.05) is 19.0 Å². The zero-order valence-corrected chi connectivity index (χ0v) is 20.8. The number of hydrogen-bond acceptors (Lipinski definition) is 4. The molecule has 7 heteroatoms. The molecule has 3 aromatic rings. The summed E-state index contributed by atoms with van der Waals surface area (Å²) < 4.78 is 11.7. The molecule has 2 N–H and O–H groups in total. The molecule has 166 valence electrons. The van der Waals surface area contributed by atoms with Crippen LogP contribution >= 0.6 is 24.0 Å². The van der Waals surface area contributed by atoms with Crippen LogP contribution in [0.25, 0.3) is 0 Å². The third-order valence-electron chi connectivity index (χ3n) is 4.63. The molecule has 1 heterocycles. The Morgan fingerprint density at radius 2 is 1.61 bits per heavy atom. The first kappa shape index (κ1) is 24.7. The summed E-state index contributed by atoms with van der Waals surface area (Å²) in [5.74, 6) is 3.05. The van der Waals surface area contributed by atoms with Crippen LogP contribution in [0.3, 0.4) is 0 Å². The minimum atomic E-state index is -0.0588. The van der Waals surface area contributed by atoms with Gasteiger partial charge >= 0.3 is 0 Å². The van der Waals surface area contributed by atoms with Crippen molar-refractivity contribution in [2.75, 3.05) is 7.05 Å². The molecule has 0 bridgehead atoms. The first-order valence-electron chi connectivity index (χ1n) is 10.1. The Kier molecular flexibility index (Phi) is 9.36. The molecule has 0 radical (unpaired) electrons. The topological polar surface area (TPSA) is 71.7 Å². The van der Waals surface area contributed by atoms with Crippen LogP contribution < -0.4 is 15.4 Å². The van der Waals surface area contributed by atoms with E-state index >= 15 is 0 Å². The molecule has 2 aromatic carbocycles. The van der Waals surface area contributed by atoms with E-state index in [2.05, 4.69) is 53.5 Å². The lowest BCUT2D eigenvalue weighted by Gasteiger charge is -2.15. The van der Waals surface area contributed by atoms with Crippen molar-refractivity contribution < 1.29 is 9.15 Å². The average Bonchev–Trinajstić information content (AvgIpc) is 3.23. The molecule has 0 fully saturated rings. The lowest BCUT2D eigenvalue weighted by atomic mass is 9.94. The number of ether oxygens (including phenoxy) is 1. The second-order valence-electron chi connectivity index (χ2n) is 8.02. The highest BCUT2D eigenvalue weighted by atomic mass is 127. The molecule has 0 aliphatic heterocycles. The summed E-state index contributed by atoms with van der Waals surface area (Å²) >= 11 is 0. The van der Waals surface area contributed by atoms with E-state index in [0.29, 0.717) is 31.5 Å². The van der Waals surface area contributed by atoms with Crippen molar-refractivity contribution in [1.29, 1.82) is 0 Å². The Morgan fingerprint density at radius 3 is 2.26 bits per heavy atom. The molecule has 0 atom stereocenters. The predicted octanol–water partition coefficient (Wildman–Crippen LogP) is 5.03. The summed E-state index contributed by atoms with van der Waals surface area (Å²) in [4.78, 5) is 8.64. The largest absolute Gasteiger partial charge is 0.489 e. The zero-order chi connectivity index (χ0) is 21.4. The average molecular weight is 534 g/mol. The van der Waals surface area contributed by atoms with E-state index in [1.54, 1.807) is 13.2 Å². The molecule has 0 aliphatic carbocycles. The summed E-state index contributed by atoms with van der Waals surface area (Å²) in [5.41, 5.74) is 2.23. The molecule has 0 aliphatic rings. The molecular weight excluding hydrogens is 503 g/mol. The Hall–Kier alpha value is -2.55. The van der Waals surface area contributed by atoms with Crippen LogP contribution in [0, 0.1) is 0 Å². The van der Waals surface area contributed by atoms with Gasteiger partial charge < -0.3 is 19.8 Å². The Balaban J connectivity index is 0.00000341. The fourth-order valence-electron chi connectivity index (χ4n) is 2.85. The van der Waals surface area contributed by atoms with Crippen LogP contribution in [-0.2, 0) is 25.1 Å². The number of halogens is 1. The molecular formula is C24H31IN4O2. The number of aromatic nitrogens is 1. The summed E-state index contributed by atoms with van der Waals surface area (Å²) in [7, 11) is 1.75. The number of guanidine groups is 1. The van der Waals surface area contributed by atoms with Crippen molar-refractivity contribution in [1.82, 2.24) is 15.6 Å². The molecule has 0 saturated carbocycles. The highest BCUT2D eigenvalue weighted by Crippen LogP contribution is 2.22. The predicted molar refractivity (Wildman–Crippen MR) is 135 cm³/mol. The van der Waals surface area contributed by atoms with Crippen LogP contribution in [0.15, 0.2) is 70.2 Å². The van der Waals surface area contributed by atoms with Crippen LogP contribution in [-0.4, -0.2) is 18.0 Å². The number of aliphatic imine (C=N–C) groups is 1. The van der Waals surface area contributed by atoms with E-state index in [0.717, 1.165) is 22.6 Å². The van der Waals surface area contributed by atoms with Gasteiger partial charge in [-0.15, -0.1) is 24.0 Å². The quantitative estimate of drug-likeness (QED) is 0.253. The molecule has 0 spiro atoms. The van der Waals surface area contributed by atoms with Gasteiger partial charge in [-0.2, -0.15) is 0 Å². The van der Waals surface area contributed by atoms with Crippen LogP contribution in [0.1, 0.15) is 43.5 Å². The van der Waals surface area contributed by atoms with Gasteiger partial charge in [-0.05, 0) is 23.3 Å². The highest BCUT2D eigenvalue weighted by Gasteiger charge is 2.19. The van der Waals surface area contributed by atoms with Gasteiger partial charge in [0.1, 0.15) is 18.1 Å². The molecule has 31 heavy (non-hydrogen) atoms. The van der Waals surface area contributed by atoms with Crippen molar-refractivity contribution in [3.63, 3.8) is 0 Å². The van der Waals surface area contributed by atoms with Gasteiger partial charge in [-0.3, -0.25) is 4.99 Å². The van der Waals surface area contributed by atoms with Gasteiger partial charge in [-0.1, -0.05) is 63.2 Å². The van der Waals surface area contributed by atoms with Crippen molar-refractivity contribution in [3.05, 3.63) is 83.6 Å². The molecule has 0 unspecified atom stereocenters. The Labute approximate surface area is 201 Å². The van der Waals surface area contributed by atoms with Gasteiger partial charge in [0.15, 0.2) is 5.96 Å². The number of rotatable bonds is 7. The van der Waals surface area contributed by atoms with Crippen molar-refractivity contribution in [2.24, 2.45) is 4.99 Å². The van der Waals surface area contributed by atoms with Crippen LogP contribution in [0.5, 0.6) is 5.75 Å². The summed E-state index contributed by atoms with van der Waals surface area (Å²) in [6, 6.07) is 18.1. The monoisotopic (exact) mass is 534 g/mol. The standard InChI is InChI=1S/C24H30N4O2.HI/c1-24(2,3)21-15-26-22(30-21)16-28-23(25-4)27-14-18-10-8-9-11-19(18)17-29-20-12-6-5-7-13-20;/h5-13,15H,14,16-17H2,1-4H3,(H2,25,27,28);1H. The van der Waals surface area contributed by atoms with Gasteiger partial charge in [0.05, 0.1) is 12.7 Å². The summed E-state index contributed by atoms with van der Waals surface area (Å²) in [6.45, 7) is 7.92. The fraction of sp³-hybridized carbons (Fsp3) is 0.333. The molecule has 1 aromatic heterocycles. The SMILES string of the molecule is CN=C(NCc1ncc(C(C)(C)C)o1)NCc1ccccc1COc1ccccc1.I. The maximum atomic E-state index is 5.91. The first-order valence-corrected chi connectivity index (χ1v) is 10.1. The van der Waals surface area contributed by atoms with E-state index in [9.17, 15) is 0 Å². The van der Waals surface area contributed by atoms with E-state index in [4.69, 9.17) is 9.15 Å². The smallest absolute Gasteiger partial charge is 0.213 e. The second-order valence-corrected chi connectivity index (χ2v) is 8.02. The van der Waals surface area contributed by atoms with Crippen molar-refractivity contribution >= 4 is 29.9 Å². The number of benzene rings is 2. The Bertz CT molecular complexity index is 965. The molecule has 6 nitrogen and oxygen atoms in total. The molecule has 0 amide bonds. The second kappa shape index (κ2) is 11.7. The lowest BCUT2D eigenvalue weighted by molar-refractivity contribution is 0.305. The maximum absolute atomic E-state index is 5.91. The molecule has 3 rings (SSSR count). The van der Waals surface area contributed by atoms with Gasteiger partial charge in [-0.25, -0.2) is 4.98 Å². The normalized spacial score (nSPS) is 11.5. The van der Waals surface area contributed by atoms with Gasteiger partial charge in [0.25, 0.3) is 0 Å². The van der Waals surface area contributed by atoms with Gasteiger partial charge in [0.2, 0.25) is 5.89 Å². The minimum absolute atomic E-state index is 0. The maximum Gasteiger partial charge on any atom is 0.213 e. The van der Waals surface area contributed by atoms with Crippen molar-refractivity contribution in [2.45, 2.75) is 45.9 Å². The minimum Gasteiger partial charge on any atom is -0.489 e. The third-order valence-corrected chi connectivity index (χ3v) is 4.63. The molecule has 0 saturated heterocycles. The van der Waals surface area contributed by atoms with Crippen LogP contribution in [0.2, 0.25) is 0 Å². The number of oxazole rings is 1. The number of para-hydroxylation sites is 1. The third kappa shape index (κ3) is 7.57. The van der Waals surface area contributed by atoms with E-state index in [1.165, 1.54) is 0 Å². The fourth-order valence-corrected chi connectivity index (χ4v) is 2.85. The zero-order valence-electron chi connectivity index (χ0n) is 18.5.